The Hall–Kier alpha value is -1.06. The predicted octanol–water partition coefficient (Wildman–Crippen LogP) is 2.90. The third kappa shape index (κ3) is 2.38. The van der Waals surface area contributed by atoms with Gasteiger partial charge in [0.25, 0.3) is 0 Å². The van der Waals surface area contributed by atoms with Gasteiger partial charge < -0.3 is 4.74 Å². The van der Waals surface area contributed by atoms with E-state index in [2.05, 4.69) is 0 Å². The summed E-state index contributed by atoms with van der Waals surface area (Å²) in [6.45, 7) is 6.23. The number of hydrogen-bond donors (Lipinski definition) is 0. The lowest BCUT2D eigenvalue weighted by molar-refractivity contribution is -0.132. The second-order valence-electron chi connectivity index (χ2n) is 6.40. The van der Waals surface area contributed by atoms with Crippen LogP contribution in [0.15, 0.2) is 0 Å². The average Bonchev–Trinajstić information content (AvgIpc) is 2.65. The fraction of sp³-hybridized carbons (Fsp3) is 0.857. The Morgan fingerprint density at radius 1 is 1.22 bits per heavy atom. The van der Waals surface area contributed by atoms with Gasteiger partial charge in [0.05, 0.1) is 0 Å². The number of ketones is 1. The Kier molecular flexibility index (Phi) is 3.39. The van der Waals surface area contributed by atoms with E-state index in [9.17, 15) is 9.59 Å². The summed E-state index contributed by atoms with van der Waals surface area (Å²) in [4.78, 5) is 26.2. The lowest BCUT2D eigenvalue weighted by atomic mass is 9.79. The van der Waals surface area contributed by atoms with E-state index in [4.69, 9.17) is 4.74 Å². The molecule has 1 saturated carbocycles. The Morgan fingerprint density at radius 2 is 1.89 bits per heavy atom. The molecule has 2 aliphatic rings. The monoisotopic (exact) mass is 253 g/mol. The zero-order chi connectivity index (χ0) is 13.4. The van der Waals surface area contributed by atoms with E-state index in [1.165, 1.54) is 0 Å². The highest BCUT2D eigenvalue weighted by molar-refractivity contribution is 5.92. The normalized spacial score (nSPS) is 28.8. The van der Waals surface area contributed by atoms with Crippen molar-refractivity contribution in [1.82, 2.24) is 4.90 Å². The molecule has 0 bridgehead atoms. The van der Waals surface area contributed by atoms with Crippen LogP contribution in [0.4, 0.5) is 4.79 Å². The first-order valence-corrected chi connectivity index (χ1v) is 6.89. The smallest absolute Gasteiger partial charge is 0.411 e. The van der Waals surface area contributed by atoms with Crippen molar-refractivity contribution in [3.8, 4) is 0 Å². The molecule has 1 spiro atoms. The van der Waals surface area contributed by atoms with E-state index in [0.717, 1.165) is 32.1 Å². The van der Waals surface area contributed by atoms with Crippen molar-refractivity contribution in [3.05, 3.63) is 0 Å². The van der Waals surface area contributed by atoms with Crippen molar-refractivity contribution in [1.29, 1.82) is 0 Å². The molecule has 0 aromatic carbocycles. The predicted molar refractivity (Wildman–Crippen MR) is 68.4 cm³/mol. The van der Waals surface area contributed by atoms with E-state index in [0.29, 0.717) is 13.0 Å². The van der Waals surface area contributed by atoms with Crippen LogP contribution in [0, 0.1) is 0 Å². The van der Waals surface area contributed by atoms with E-state index < -0.39 is 11.1 Å². The maximum atomic E-state index is 12.2. The summed E-state index contributed by atoms with van der Waals surface area (Å²) >= 11 is 0. The zero-order valence-electron chi connectivity index (χ0n) is 11.6. The summed E-state index contributed by atoms with van der Waals surface area (Å²) in [5.41, 5.74) is -1.04. The fourth-order valence-corrected chi connectivity index (χ4v) is 3.09. The van der Waals surface area contributed by atoms with Crippen molar-refractivity contribution in [2.75, 3.05) is 6.54 Å². The van der Waals surface area contributed by atoms with Gasteiger partial charge >= 0.3 is 6.09 Å². The van der Waals surface area contributed by atoms with Crippen molar-refractivity contribution in [2.45, 2.75) is 70.4 Å². The molecule has 4 nitrogen and oxygen atoms in total. The molecule has 0 radical (unpaired) electrons. The van der Waals surface area contributed by atoms with Crippen LogP contribution in [-0.2, 0) is 9.53 Å². The van der Waals surface area contributed by atoms with Crippen LogP contribution in [0.3, 0.4) is 0 Å². The van der Waals surface area contributed by atoms with Crippen LogP contribution in [0.1, 0.15) is 59.3 Å². The van der Waals surface area contributed by atoms with Gasteiger partial charge in [-0.3, -0.25) is 9.69 Å². The van der Waals surface area contributed by atoms with Gasteiger partial charge in [-0.1, -0.05) is 6.42 Å². The van der Waals surface area contributed by atoms with Crippen LogP contribution in [0.5, 0.6) is 0 Å². The van der Waals surface area contributed by atoms with Gasteiger partial charge in [-0.05, 0) is 46.5 Å². The summed E-state index contributed by atoms with van der Waals surface area (Å²) in [6.07, 6.45) is 4.81. The number of rotatable bonds is 0. The Bertz CT molecular complexity index is 359. The minimum atomic E-state index is -0.541. The Morgan fingerprint density at radius 3 is 2.50 bits per heavy atom. The van der Waals surface area contributed by atoms with E-state index >= 15 is 0 Å². The third-order valence-electron chi connectivity index (χ3n) is 3.87. The molecule has 102 valence electrons. The highest BCUT2D eigenvalue weighted by Gasteiger charge is 2.50. The topological polar surface area (TPSA) is 46.6 Å². The highest BCUT2D eigenvalue weighted by Crippen LogP contribution is 2.40. The molecule has 2 fully saturated rings. The van der Waals surface area contributed by atoms with Gasteiger partial charge in [-0.15, -0.1) is 0 Å². The maximum Gasteiger partial charge on any atom is 0.411 e. The van der Waals surface area contributed by atoms with Crippen molar-refractivity contribution in [3.63, 3.8) is 0 Å². The molecule has 18 heavy (non-hydrogen) atoms. The summed E-state index contributed by atoms with van der Waals surface area (Å²) in [5, 5.41) is 0. The standard InChI is InChI=1S/C14H23NO3/c1-13(2,3)18-12(17)15-10-6-9-14(15)8-5-4-7-11(14)16/h4-10H2,1-3H3. The molecule has 1 saturated heterocycles. The molecular weight excluding hydrogens is 230 g/mol. The van der Waals surface area contributed by atoms with Crippen LogP contribution in [0.2, 0.25) is 0 Å². The lowest BCUT2D eigenvalue weighted by Crippen LogP contribution is -2.55. The van der Waals surface area contributed by atoms with Gasteiger partial charge in [0, 0.05) is 13.0 Å². The van der Waals surface area contributed by atoms with Gasteiger partial charge in [0.15, 0.2) is 5.78 Å². The molecule has 0 aromatic heterocycles. The molecule has 1 aliphatic carbocycles. The number of amides is 1. The van der Waals surface area contributed by atoms with Crippen molar-refractivity contribution >= 4 is 11.9 Å². The number of Topliss-reactive ketones (excluding diaryl/α,β-unsaturated/α-hetero) is 1. The third-order valence-corrected chi connectivity index (χ3v) is 3.87. The zero-order valence-corrected chi connectivity index (χ0v) is 11.6. The lowest BCUT2D eigenvalue weighted by Gasteiger charge is -2.40. The first-order valence-electron chi connectivity index (χ1n) is 6.89. The molecular formula is C14H23NO3. The molecule has 0 N–H and O–H groups in total. The van der Waals surface area contributed by atoms with Gasteiger partial charge in [-0.25, -0.2) is 4.79 Å². The number of carbonyl (C=O) groups excluding carboxylic acids is 2. The van der Waals surface area contributed by atoms with Gasteiger partial charge in [0.1, 0.15) is 11.1 Å². The second-order valence-corrected chi connectivity index (χ2v) is 6.40. The van der Waals surface area contributed by atoms with Gasteiger partial charge in [0.2, 0.25) is 0 Å². The van der Waals surface area contributed by atoms with Crippen LogP contribution in [-0.4, -0.2) is 34.5 Å². The Balaban J connectivity index is 2.16. The largest absolute Gasteiger partial charge is 0.444 e. The summed E-state index contributed by atoms with van der Waals surface area (Å²) in [5.74, 6) is 0.233. The summed E-state index contributed by atoms with van der Waals surface area (Å²) in [6, 6.07) is 0. The Labute approximate surface area is 109 Å². The van der Waals surface area contributed by atoms with E-state index in [1.54, 1.807) is 4.90 Å². The van der Waals surface area contributed by atoms with Gasteiger partial charge in [-0.2, -0.15) is 0 Å². The van der Waals surface area contributed by atoms with E-state index in [1.807, 2.05) is 20.8 Å². The molecule has 1 unspecified atom stereocenters. The molecule has 0 aromatic rings. The molecule has 1 heterocycles. The number of ether oxygens (including phenoxy) is 1. The molecule has 2 rings (SSSR count). The molecule has 1 atom stereocenters. The number of hydrogen-bond acceptors (Lipinski definition) is 3. The first-order chi connectivity index (χ1) is 8.35. The first kappa shape index (κ1) is 13.4. The number of carbonyl (C=O) groups is 2. The van der Waals surface area contributed by atoms with E-state index in [-0.39, 0.29) is 11.9 Å². The fourth-order valence-electron chi connectivity index (χ4n) is 3.09. The maximum absolute atomic E-state index is 12.2. The van der Waals surface area contributed by atoms with Crippen molar-refractivity contribution in [2.24, 2.45) is 0 Å². The van der Waals surface area contributed by atoms with Crippen LogP contribution < -0.4 is 0 Å². The SMILES string of the molecule is CC(C)(C)OC(=O)N1CCCC12CCCCC2=O. The molecule has 4 heteroatoms. The summed E-state index contributed by atoms with van der Waals surface area (Å²) < 4.78 is 5.43. The van der Waals surface area contributed by atoms with Crippen LogP contribution >= 0.6 is 0 Å². The minimum absolute atomic E-state index is 0.233. The minimum Gasteiger partial charge on any atom is -0.444 e. The molecule has 1 aliphatic heterocycles. The highest BCUT2D eigenvalue weighted by atomic mass is 16.6. The second kappa shape index (κ2) is 4.56. The number of nitrogens with zero attached hydrogens (tertiary/aromatic N) is 1. The molecule has 1 amide bonds. The van der Waals surface area contributed by atoms with Crippen molar-refractivity contribution < 1.29 is 14.3 Å². The quantitative estimate of drug-likeness (QED) is 0.667. The average molecular weight is 253 g/mol. The van der Waals surface area contributed by atoms with Crippen LogP contribution in [0.25, 0.3) is 0 Å². The number of likely N-dealkylation sites (tertiary alicyclic amines) is 1. The summed E-state index contributed by atoms with van der Waals surface area (Å²) in [7, 11) is 0.